The van der Waals surface area contributed by atoms with Gasteiger partial charge in [0, 0.05) is 9.61 Å². The molecule has 0 bridgehead atoms. The summed E-state index contributed by atoms with van der Waals surface area (Å²) in [5, 5.41) is 0. The molecule has 0 radical (unpaired) electrons. The molecule has 70 valence electrons. The minimum atomic E-state index is 0.274. The molecule has 2 rings (SSSR count). The molecule has 1 aromatic carbocycles. The molecule has 0 spiro atoms. The van der Waals surface area contributed by atoms with E-state index < -0.39 is 0 Å². The summed E-state index contributed by atoms with van der Waals surface area (Å²) in [5.74, 6) is 0. The third kappa shape index (κ3) is 1.62. The van der Waals surface area contributed by atoms with Crippen LogP contribution in [0.5, 0.6) is 0 Å². The number of nitrogens with two attached hydrogens (primary N) is 1. The first-order chi connectivity index (χ1) is 6.20. The Morgan fingerprint density at radius 1 is 1.46 bits per heavy atom. The molecular formula is C11H14IN. The van der Waals surface area contributed by atoms with E-state index in [0.29, 0.717) is 0 Å². The summed E-state index contributed by atoms with van der Waals surface area (Å²) >= 11 is 2.40. The molecule has 0 saturated heterocycles. The van der Waals surface area contributed by atoms with Gasteiger partial charge in [-0.15, -0.1) is 0 Å². The van der Waals surface area contributed by atoms with Crippen LogP contribution in [0.15, 0.2) is 12.1 Å². The van der Waals surface area contributed by atoms with Crippen LogP contribution in [0.1, 0.15) is 35.6 Å². The first kappa shape index (κ1) is 9.46. The fourth-order valence-electron chi connectivity index (χ4n) is 2.12. The summed E-state index contributed by atoms with van der Waals surface area (Å²) in [6, 6.07) is 4.66. The Balaban J connectivity index is 2.60. The van der Waals surface area contributed by atoms with E-state index in [-0.39, 0.29) is 6.04 Å². The molecule has 1 nitrogen and oxygen atoms in total. The molecule has 1 atom stereocenters. The predicted molar refractivity (Wildman–Crippen MR) is 63.8 cm³/mol. The van der Waals surface area contributed by atoms with Gasteiger partial charge >= 0.3 is 0 Å². The number of aryl methyl sites for hydroxylation is 1. The number of hydrogen-bond acceptors (Lipinski definition) is 1. The number of rotatable bonds is 0. The highest BCUT2D eigenvalue weighted by Crippen LogP contribution is 2.33. The lowest BCUT2D eigenvalue weighted by molar-refractivity contribution is 0.566. The van der Waals surface area contributed by atoms with E-state index in [1.807, 2.05) is 0 Å². The van der Waals surface area contributed by atoms with Crippen molar-refractivity contribution in [3.05, 3.63) is 32.4 Å². The second-order valence-corrected chi connectivity index (χ2v) is 4.92. The monoisotopic (exact) mass is 287 g/mol. The maximum atomic E-state index is 6.11. The van der Waals surface area contributed by atoms with Gasteiger partial charge in [-0.2, -0.15) is 0 Å². The number of hydrogen-bond donors (Lipinski definition) is 1. The minimum absolute atomic E-state index is 0.274. The molecule has 1 aliphatic carbocycles. The number of benzene rings is 1. The molecule has 13 heavy (non-hydrogen) atoms. The summed E-state index contributed by atoms with van der Waals surface area (Å²) in [5.41, 5.74) is 10.4. The number of fused-ring (bicyclic) bond motifs is 1. The Hall–Kier alpha value is -0.0900. The molecule has 2 N–H and O–H groups in total. The van der Waals surface area contributed by atoms with Gasteiger partial charge in [0.15, 0.2) is 0 Å². The normalized spacial score (nSPS) is 21.3. The molecule has 0 aliphatic heterocycles. The summed E-state index contributed by atoms with van der Waals surface area (Å²) in [7, 11) is 0. The third-order valence-electron chi connectivity index (χ3n) is 2.85. The zero-order chi connectivity index (χ0) is 9.42. The Morgan fingerprint density at radius 2 is 2.23 bits per heavy atom. The van der Waals surface area contributed by atoms with Gasteiger partial charge in [-0.25, -0.2) is 0 Å². The van der Waals surface area contributed by atoms with E-state index in [4.69, 9.17) is 5.73 Å². The quantitative estimate of drug-likeness (QED) is 0.729. The highest BCUT2D eigenvalue weighted by Gasteiger charge is 2.20. The molecule has 0 unspecified atom stereocenters. The van der Waals surface area contributed by atoms with Crippen molar-refractivity contribution in [1.82, 2.24) is 0 Å². The van der Waals surface area contributed by atoms with Crippen LogP contribution in [0.25, 0.3) is 0 Å². The van der Waals surface area contributed by atoms with Gasteiger partial charge in [0.1, 0.15) is 0 Å². The standard InChI is InChI=1S/C11H14IN/c1-7-5-6-9(12)11-8(7)3-2-4-10(11)13/h5-6,10H,2-4,13H2,1H3/t10-/m0/s1. The smallest absolute Gasteiger partial charge is 0.0308 e. The molecule has 1 aromatic rings. The van der Waals surface area contributed by atoms with Crippen LogP contribution >= 0.6 is 22.6 Å². The number of halogens is 1. The average molecular weight is 287 g/mol. The molecule has 0 aromatic heterocycles. The SMILES string of the molecule is Cc1ccc(I)c2c1CCC[C@@H]2N. The summed E-state index contributed by atoms with van der Waals surface area (Å²) in [4.78, 5) is 0. The van der Waals surface area contributed by atoms with Crippen LogP contribution in [-0.2, 0) is 6.42 Å². The highest BCUT2D eigenvalue weighted by molar-refractivity contribution is 14.1. The fraction of sp³-hybridized carbons (Fsp3) is 0.455. The Kier molecular flexibility index (Phi) is 2.60. The third-order valence-corrected chi connectivity index (χ3v) is 3.79. The molecule has 1 aliphatic rings. The second kappa shape index (κ2) is 3.58. The fourth-order valence-corrected chi connectivity index (χ4v) is 3.03. The first-order valence-electron chi connectivity index (χ1n) is 4.73. The van der Waals surface area contributed by atoms with Crippen molar-refractivity contribution in [2.75, 3.05) is 0 Å². The molecule has 2 heteroatoms. The van der Waals surface area contributed by atoms with Crippen molar-refractivity contribution in [1.29, 1.82) is 0 Å². The van der Waals surface area contributed by atoms with Gasteiger partial charge in [0.2, 0.25) is 0 Å². The van der Waals surface area contributed by atoms with E-state index in [9.17, 15) is 0 Å². The van der Waals surface area contributed by atoms with E-state index in [1.165, 1.54) is 33.1 Å². The van der Waals surface area contributed by atoms with Crippen LogP contribution in [-0.4, -0.2) is 0 Å². The van der Waals surface area contributed by atoms with Crippen LogP contribution in [0.4, 0.5) is 0 Å². The molecule has 0 saturated carbocycles. The molecular weight excluding hydrogens is 273 g/mol. The van der Waals surface area contributed by atoms with Gasteiger partial charge in [-0.05, 0) is 71.5 Å². The molecule has 0 amide bonds. The van der Waals surface area contributed by atoms with Crippen molar-refractivity contribution in [3.63, 3.8) is 0 Å². The predicted octanol–water partition coefficient (Wildman–Crippen LogP) is 2.94. The van der Waals surface area contributed by atoms with Crippen molar-refractivity contribution in [2.45, 2.75) is 32.2 Å². The largest absolute Gasteiger partial charge is 0.324 e. The summed E-state index contributed by atoms with van der Waals surface area (Å²) in [6.07, 6.45) is 3.60. The van der Waals surface area contributed by atoms with Crippen molar-refractivity contribution < 1.29 is 0 Å². The zero-order valence-corrected chi connectivity index (χ0v) is 9.97. The Morgan fingerprint density at radius 3 is 2.92 bits per heavy atom. The first-order valence-corrected chi connectivity index (χ1v) is 5.81. The maximum Gasteiger partial charge on any atom is 0.0308 e. The average Bonchev–Trinajstić information content (AvgIpc) is 2.12. The van der Waals surface area contributed by atoms with Gasteiger partial charge < -0.3 is 5.73 Å². The van der Waals surface area contributed by atoms with Crippen LogP contribution in [0.2, 0.25) is 0 Å². The van der Waals surface area contributed by atoms with Crippen molar-refractivity contribution >= 4 is 22.6 Å². The van der Waals surface area contributed by atoms with Crippen molar-refractivity contribution in [2.24, 2.45) is 5.73 Å². The lowest BCUT2D eigenvalue weighted by Gasteiger charge is -2.25. The van der Waals surface area contributed by atoms with E-state index in [0.717, 1.165) is 6.42 Å². The minimum Gasteiger partial charge on any atom is -0.324 e. The highest BCUT2D eigenvalue weighted by atomic mass is 127. The van der Waals surface area contributed by atoms with Gasteiger partial charge in [0.05, 0.1) is 0 Å². The van der Waals surface area contributed by atoms with Gasteiger partial charge in [-0.3, -0.25) is 0 Å². The zero-order valence-electron chi connectivity index (χ0n) is 7.81. The lowest BCUT2D eigenvalue weighted by Crippen LogP contribution is -2.19. The van der Waals surface area contributed by atoms with Crippen LogP contribution in [0, 0.1) is 10.5 Å². The maximum absolute atomic E-state index is 6.11. The molecule has 0 fully saturated rings. The lowest BCUT2D eigenvalue weighted by atomic mass is 9.86. The van der Waals surface area contributed by atoms with Crippen LogP contribution < -0.4 is 5.73 Å². The Bertz CT molecular complexity index is 333. The van der Waals surface area contributed by atoms with Crippen LogP contribution in [0.3, 0.4) is 0 Å². The van der Waals surface area contributed by atoms with E-state index in [2.05, 4.69) is 41.6 Å². The Labute approximate surface area is 92.9 Å². The second-order valence-electron chi connectivity index (χ2n) is 3.76. The van der Waals surface area contributed by atoms with Crippen molar-refractivity contribution in [3.8, 4) is 0 Å². The van der Waals surface area contributed by atoms with E-state index in [1.54, 1.807) is 0 Å². The van der Waals surface area contributed by atoms with E-state index >= 15 is 0 Å². The van der Waals surface area contributed by atoms with Gasteiger partial charge in [-0.1, -0.05) is 6.07 Å². The summed E-state index contributed by atoms with van der Waals surface area (Å²) in [6.45, 7) is 2.19. The molecule has 0 heterocycles. The summed E-state index contributed by atoms with van der Waals surface area (Å²) < 4.78 is 1.34. The topological polar surface area (TPSA) is 26.0 Å². The van der Waals surface area contributed by atoms with Gasteiger partial charge in [0.25, 0.3) is 0 Å².